The van der Waals surface area contributed by atoms with Gasteiger partial charge < -0.3 is 10.4 Å². The third kappa shape index (κ3) is 2.47. The van der Waals surface area contributed by atoms with Gasteiger partial charge >= 0.3 is 5.97 Å². The second-order valence-electron chi connectivity index (χ2n) is 5.25. The molecule has 1 aromatic heterocycles. The predicted octanol–water partition coefficient (Wildman–Crippen LogP) is 1.18. The van der Waals surface area contributed by atoms with Gasteiger partial charge in [0.1, 0.15) is 11.2 Å². The van der Waals surface area contributed by atoms with Gasteiger partial charge in [-0.1, -0.05) is 19.8 Å². The third-order valence-corrected chi connectivity index (χ3v) is 3.96. The van der Waals surface area contributed by atoms with E-state index in [1.54, 1.807) is 19.3 Å². The van der Waals surface area contributed by atoms with Crippen molar-refractivity contribution in [1.29, 1.82) is 0 Å². The number of rotatable bonds is 3. The smallest absolute Gasteiger partial charge is 0.329 e. The second-order valence-corrected chi connectivity index (χ2v) is 5.25. The number of hydrogen-bond acceptors (Lipinski definition) is 3. The van der Waals surface area contributed by atoms with Crippen LogP contribution in [0.3, 0.4) is 0 Å². The highest BCUT2D eigenvalue weighted by Crippen LogP contribution is 2.34. The number of aryl methyl sites for hydroxylation is 1. The first-order valence-electron chi connectivity index (χ1n) is 6.51. The zero-order valence-electron chi connectivity index (χ0n) is 11.2. The summed E-state index contributed by atoms with van der Waals surface area (Å²) in [6, 6.07) is 1.58. The molecule has 1 heterocycles. The minimum atomic E-state index is -1.16. The molecule has 2 atom stereocenters. The minimum absolute atomic E-state index is 0.0774. The highest BCUT2D eigenvalue weighted by atomic mass is 16.4. The first kappa shape index (κ1) is 13.6. The molecule has 6 heteroatoms. The fourth-order valence-electron chi connectivity index (χ4n) is 2.71. The van der Waals surface area contributed by atoms with Crippen LogP contribution >= 0.6 is 0 Å². The van der Waals surface area contributed by atoms with Crippen LogP contribution < -0.4 is 5.32 Å². The number of carbonyl (C=O) groups excluding carboxylic acids is 1. The number of carboxylic acids is 1. The van der Waals surface area contributed by atoms with E-state index in [1.807, 2.05) is 6.92 Å². The largest absolute Gasteiger partial charge is 0.479 e. The van der Waals surface area contributed by atoms with Crippen LogP contribution in [0.5, 0.6) is 0 Å². The van der Waals surface area contributed by atoms with Crippen molar-refractivity contribution in [2.45, 2.75) is 38.1 Å². The van der Waals surface area contributed by atoms with Crippen LogP contribution in [0.4, 0.5) is 0 Å². The van der Waals surface area contributed by atoms with E-state index in [0.29, 0.717) is 6.42 Å². The quantitative estimate of drug-likeness (QED) is 0.859. The van der Waals surface area contributed by atoms with Crippen molar-refractivity contribution in [3.8, 4) is 0 Å². The first-order chi connectivity index (χ1) is 8.95. The van der Waals surface area contributed by atoms with Crippen LogP contribution in [0.1, 0.15) is 43.1 Å². The van der Waals surface area contributed by atoms with Crippen molar-refractivity contribution in [3.05, 3.63) is 18.0 Å². The fourth-order valence-corrected chi connectivity index (χ4v) is 2.71. The lowest BCUT2D eigenvalue weighted by molar-refractivity contribution is -0.148. The lowest BCUT2D eigenvalue weighted by atomic mass is 9.73. The van der Waals surface area contributed by atoms with Gasteiger partial charge in [-0.25, -0.2) is 4.79 Å². The summed E-state index contributed by atoms with van der Waals surface area (Å²) in [6.07, 6.45) is 4.78. The zero-order chi connectivity index (χ0) is 14.0. The fraction of sp³-hybridized carbons (Fsp3) is 0.615. The number of hydrogen-bond donors (Lipinski definition) is 2. The Hall–Kier alpha value is -1.85. The van der Waals surface area contributed by atoms with E-state index in [4.69, 9.17) is 0 Å². The zero-order valence-corrected chi connectivity index (χ0v) is 11.2. The maximum atomic E-state index is 12.1. The van der Waals surface area contributed by atoms with Gasteiger partial charge in [-0.2, -0.15) is 5.10 Å². The molecule has 2 rings (SSSR count). The van der Waals surface area contributed by atoms with Gasteiger partial charge in [0, 0.05) is 13.2 Å². The Morgan fingerprint density at radius 1 is 1.53 bits per heavy atom. The highest BCUT2D eigenvalue weighted by Gasteiger charge is 2.46. The molecule has 0 saturated heterocycles. The summed E-state index contributed by atoms with van der Waals surface area (Å²) >= 11 is 0. The van der Waals surface area contributed by atoms with E-state index in [0.717, 1.165) is 19.3 Å². The maximum Gasteiger partial charge on any atom is 0.329 e. The van der Waals surface area contributed by atoms with E-state index in [1.165, 1.54) is 4.68 Å². The van der Waals surface area contributed by atoms with Gasteiger partial charge in [0.05, 0.1) is 0 Å². The third-order valence-electron chi connectivity index (χ3n) is 3.96. The SMILES string of the molecule is CC1CCCCC1(NC(=O)c1ccn(C)n1)C(=O)O. The minimum Gasteiger partial charge on any atom is -0.479 e. The summed E-state index contributed by atoms with van der Waals surface area (Å²) in [5.41, 5.74) is -0.909. The molecule has 1 saturated carbocycles. The molecule has 19 heavy (non-hydrogen) atoms. The summed E-state index contributed by atoms with van der Waals surface area (Å²) in [7, 11) is 1.72. The van der Waals surface area contributed by atoms with Gasteiger partial charge in [-0.15, -0.1) is 0 Å². The van der Waals surface area contributed by atoms with E-state index >= 15 is 0 Å². The molecule has 1 aliphatic carbocycles. The molecule has 2 unspecified atom stereocenters. The molecule has 0 radical (unpaired) electrons. The van der Waals surface area contributed by atoms with Crippen LogP contribution in [0, 0.1) is 5.92 Å². The second kappa shape index (κ2) is 5.03. The summed E-state index contributed by atoms with van der Waals surface area (Å²) in [5, 5.41) is 16.2. The van der Waals surface area contributed by atoms with Crippen molar-refractivity contribution in [1.82, 2.24) is 15.1 Å². The van der Waals surface area contributed by atoms with E-state index < -0.39 is 17.4 Å². The van der Waals surface area contributed by atoms with Gasteiger partial charge in [-0.3, -0.25) is 9.48 Å². The Morgan fingerprint density at radius 2 is 2.26 bits per heavy atom. The topological polar surface area (TPSA) is 84.2 Å². The molecular weight excluding hydrogens is 246 g/mol. The number of aromatic nitrogens is 2. The summed E-state index contributed by atoms with van der Waals surface area (Å²) in [4.78, 5) is 23.7. The molecule has 1 amide bonds. The lowest BCUT2D eigenvalue weighted by Gasteiger charge is -2.39. The molecule has 0 aliphatic heterocycles. The van der Waals surface area contributed by atoms with Gasteiger partial charge in [0.25, 0.3) is 5.91 Å². The summed E-state index contributed by atoms with van der Waals surface area (Å²) in [5.74, 6) is -1.45. The average Bonchev–Trinajstić information content (AvgIpc) is 2.78. The first-order valence-corrected chi connectivity index (χ1v) is 6.51. The van der Waals surface area contributed by atoms with Crippen molar-refractivity contribution in [2.24, 2.45) is 13.0 Å². The maximum absolute atomic E-state index is 12.1. The Bertz CT molecular complexity index is 497. The molecular formula is C13H19N3O3. The molecule has 104 valence electrons. The Kier molecular flexibility index (Phi) is 3.59. The predicted molar refractivity (Wildman–Crippen MR) is 68.7 cm³/mol. The van der Waals surface area contributed by atoms with E-state index in [2.05, 4.69) is 10.4 Å². The number of nitrogens with zero attached hydrogens (tertiary/aromatic N) is 2. The number of aliphatic carboxylic acids is 1. The van der Waals surface area contributed by atoms with Crippen molar-refractivity contribution in [3.63, 3.8) is 0 Å². The molecule has 0 aromatic carbocycles. The molecule has 0 spiro atoms. The molecule has 1 aliphatic rings. The lowest BCUT2D eigenvalue weighted by Crippen LogP contribution is -2.60. The molecule has 2 N–H and O–H groups in total. The molecule has 6 nitrogen and oxygen atoms in total. The van der Waals surface area contributed by atoms with E-state index in [9.17, 15) is 14.7 Å². The van der Waals surface area contributed by atoms with Crippen molar-refractivity contribution >= 4 is 11.9 Å². The Morgan fingerprint density at radius 3 is 2.79 bits per heavy atom. The standard InChI is InChI=1S/C13H19N3O3/c1-9-5-3-4-7-13(9,12(18)19)14-11(17)10-6-8-16(2)15-10/h6,8-9H,3-5,7H2,1-2H3,(H,14,17)(H,18,19). The van der Waals surface area contributed by atoms with Crippen LogP contribution in [0.15, 0.2) is 12.3 Å². The number of carbonyl (C=O) groups is 2. The Labute approximate surface area is 111 Å². The highest BCUT2D eigenvalue weighted by molar-refractivity contribution is 5.96. The molecule has 1 fully saturated rings. The summed E-state index contributed by atoms with van der Waals surface area (Å²) < 4.78 is 1.52. The van der Waals surface area contributed by atoms with Gasteiger partial charge in [0.2, 0.25) is 0 Å². The monoisotopic (exact) mass is 265 g/mol. The molecule has 1 aromatic rings. The number of amides is 1. The average molecular weight is 265 g/mol. The van der Waals surface area contributed by atoms with Crippen molar-refractivity contribution < 1.29 is 14.7 Å². The van der Waals surface area contributed by atoms with Crippen molar-refractivity contribution in [2.75, 3.05) is 0 Å². The Balaban J connectivity index is 2.21. The van der Waals surface area contributed by atoms with Crippen LogP contribution in [0.2, 0.25) is 0 Å². The summed E-state index contributed by atoms with van der Waals surface area (Å²) in [6.45, 7) is 1.88. The van der Waals surface area contributed by atoms with Crippen LogP contribution in [-0.4, -0.2) is 32.3 Å². The van der Waals surface area contributed by atoms with Crippen LogP contribution in [-0.2, 0) is 11.8 Å². The van der Waals surface area contributed by atoms with E-state index in [-0.39, 0.29) is 11.6 Å². The number of nitrogens with one attached hydrogen (secondary N) is 1. The van der Waals surface area contributed by atoms with Gasteiger partial charge in [0.15, 0.2) is 0 Å². The van der Waals surface area contributed by atoms with Gasteiger partial charge in [-0.05, 0) is 24.8 Å². The molecule has 0 bridgehead atoms. The number of carboxylic acid groups (broad SMARTS) is 1. The normalized spacial score (nSPS) is 26.9. The van der Waals surface area contributed by atoms with Crippen LogP contribution in [0.25, 0.3) is 0 Å².